The van der Waals surface area contributed by atoms with Crippen molar-refractivity contribution in [2.45, 2.75) is 213 Å². The fraction of sp³-hybridized carbons (Fsp3) is 0.667. The lowest BCUT2D eigenvalue weighted by molar-refractivity contribution is 0.0923. The van der Waals surface area contributed by atoms with Crippen molar-refractivity contribution < 1.29 is 0 Å². The summed E-state index contributed by atoms with van der Waals surface area (Å²) >= 11 is 0. The Kier molecular flexibility index (Phi) is 80.3. The third-order valence-corrected chi connectivity index (χ3v) is 10.2. The van der Waals surface area contributed by atoms with Gasteiger partial charge in [-0.2, -0.15) is 0 Å². The highest BCUT2D eigenvalue weighted by Gasteiger charge is 2.40. The van der Waals surface area contributed by atoms with Crippen LogP contribution < -0.4 is 21.7 Å². The van der Waals surface area contributed by atoms with Gasteiger partial charge in [0.15, 0.2) is 0 Å². The molecule has 0 radical (unpaired) electrons. The lowest BCUT2D eigenvalue weighted by Crippen LogP contribution is -2.47. The molecule has 66 heavy (non-hydrogen) atoms. The quantitative estimate of drug-likeness (QED) is 0.0847. The van der Waals surface area contributed by atoms with E-state index in [0.717, 1.165) is 24.9 Å². The zero-order valence-corrected chi connectivity index (χ0v) is 49.1. The summed E-state index contributed by atoms with van der Waals surface area (Å²) in [6, 6.07) is 11.5. The highest BCUT2D eigenvalue weighted by atomic mass is 15.2. The molecule has 1 saturated heterocycles. The first-order valence-corrected chi connectivity index (χ1v) is 25.9. The average molecular weight is 930 g/mol. The van der Waals surface area contributed by atoms with Gasteiger partial charge in [-0.3, -0.25) is 9.80 Å². The molecule has 1 fully saturated rings. The van der Waals surface area contributed by atoms with Crippen LogP contribution in [0.2, 0.25) is 0 Å². The van der Waals surface area contributed by atoms with Crippen molar-refractivity contribution in [1.82, 2.24) is 25.8 Å². The molecule has 2 heterocycles. The molecule has 2 aliphatic heterocycles. The van der Waals surface area contributed by atoms with Gasteiger partial charge in [0.1, 0.15) is 0 Å². The monoisotopic (exact) mass is 929 g/mol. The number of nitrogens with two attached hydrogens (primary N) is 1. The molecule has 1 aromatic carbocycles. The van der Waals surface area contributed by atoms with Crippen LogP contribution in [0.3, 0.4) is 0 Å². The van der Waals surface area contributed by atoms with E-state index >= 15 is 0 Å². The van der Waals surface area contributed by atoms with Crippen molar-refractivity contribution in [2.24, 2.45) is 23.5 Å². The number of allylic oxidation sites excluding steroid dienone is 1. The molecule has 0 aromatic heterocycles. The molecule has 0 spiro atoms. The number of hydrogen-bond donors (Lipinski definition) is 4. The van der Waals surface area contributed by atoms with Gasteiger partial charge >= 0.3 is 0 Å². The Morgan fingerprint density at radius 3 is 1.55 bits per heavy atom. The molecule has 5 atom stereocenters. The van der Waals surface area contributed by atoms with Gasteiger partial charge in [0.2, 0.25) is 0 Å². The van der Waals surface area contributed by atoms with Gasteiger partial charge in [0, 0.05) is 55.9 Å². The van der Waals surface area contributed by atoms with Crippen LogP contribution in [0.5, 0.6) is 0 Å². The summed E-state index contributed by atoms with van der Waals surface area (Å²) in [5, 5.41) is 9.21. The topological polar surface area (TPSA) is 68.6 Å². The van der Waals surface area contributed by atoms with Crippen molar-refractivity contribution in [3.63, 3.8) is 0 Å². The predicted octanol–water partition coefficient (Wildman–Crippen LogP) is 16.5. The molecule has 6 heteroatoms. The van der Waals surface area contributed by atoms with Gasteiger partial charge in [0.25, 0.3) is 0 Å². The van der Waals surface area contributed by atoms with Crippen LogP contribution in [0.4, 0.5) is 0 Å². The SMILES string of the molecule is C=C.C=C.C=CC(=C)C(CCC)C1CC(C)CN1C(C)(C)C.C=CCNC=C.C=CN.CC.CC.CC.CC.CC(C)N1CCc2ccccc2C1.CCC(C)NC.CCC(NC)C(C)C. The molecular formula is C60H124N6. The van der Waals surface area contributed by atoms with Gasteiger partial charge in [-0.1, -0.05) is 172 Å². The third-order valence-electron chi connectivity index (χ3n) is 10.2. The summed E-state index contributed by atoms with van der Waals surface area (Å²) < 4.78 is 0. The molecule has 394 valence electrons. The van der Waals surface area contributed by atoms with E-state index in [1.54, 1.807) is 17.8 Å². The van der Waals surface area contributed by atoms with Crippen LogP contribution >= 0.6 is 0 Å². The third kappa shape index (κ3) is 48.8. The van der Waals surface area contributed by atoms with Crippen molar-refractivity contribution in [1.29, 1.82) is 0 Å². The Morgan fingerprint density at radius 2 is 1.27 bits per heavy atom. The summed E-state index contributed by atoms with van der Waals surface area (Å²) in [4.78, 5) is 5.22. The van der Waals surface area contributed by atoms with Crippen molar-refractivity contribution in [3.05, 3.63) is 125 Å². The number of benzene rings is 1. The van der Waals surface area contributed by atoms with Crippen LogP contribution in [-0.2, 0) is 13.0 Å². The number of nitrogens with one attached hydrogen (secondary N) is 3. The first-order chi connectivity index (χ1) is 31.4. The van der Waals surface area contributed by atoms with Crippen LogP contribution in [0, 0.1) is 17.8 Å². The van der Waals surface area contributed by atoms with Crippen LogP contribution in [0.25, 0.3) is 0 Å². The maximum Gasteiger partial charge on any atom is 0.0322 e. The van der Waals surface area contributed by atoms with E-state index < -0.39 is 0 Å². The maximum absolute atomic E-state index is 4.61. The molecule has 0 amide bonds. The first kappa shape index (κ1) is 82.9. The Balaban J connectivity index is -0.0000000857. The highest BCUT2D eigenvalue weighted by molar-refractivity contribution is 5.29. The summed E-state index contributed by atoms with van der Waals surface area (Å²) in [7, 11) is 4.00. The van der Waals surface area contributed by atoms with E-state index in [1.807, 2.05) is 75.6 Å². The van der Waals surface area contributed by atoms with Crippen LogP contribution in [-0.4, -0.2) is 73.2 Å². The molecule has 5 N–H and O–H groups in total. The average Bonchev–Trinajstić information content (AvgIpc) is 3.76. The number of nitrogens with zero attached hydrogens (tertiary/aromatic N) is 2. The summed E-state index contributed by atoms with van der Waals surface area (Å²) in [6.07, 6.45) is 14.1. The molecule has 0 aliphatic carbocycles. The van der Waals surface area contributed by atoms with Gasteiger partial charge < -0.3 is 21.7 Å². The molecule has 6 nitrogen and oxygen atoms in total. The standard InChI is InChI=1S/C17H31N.C12H17N.C7H17N.C5H13N.C5H9N.C2H5N.4C2H6.2C2H4/c1-8-10-15(14(4)9-2)16-11-13(3)12-18(16)17(5,6)7;1-10(2)13-8-7-11-5-3-4-6-12(11)9-13;1-5-7(8-4)6(2)3;1-4-5(2)6-3;1-3-5-6-4-2;1-2-3;6*1-2/h9,13,15-16H,2,4,8,10-12H2,1,3,5-7H3;3-6,10H,7-9H2,1-2H3;6-8H,5H2,1-4H3;5-6H,4H2,1-3H3;3-4,6H,1-2,5H2;2H,1,3H2;4*1-2H3;2*1-2H2. The minimum absolute atomic E-state index is 0.253. The largest absolute Gasteiger partial charge is 0.405 e. The Bertz CT molecular complexity index is 1100. The summed E-state index contributed by atoms with van der Waals surface area (Å²) in [5.74, 6) is 2.15. The summed E-state index contributed by atoms with van der Waals surface area (Å²) in [6.45, 7) is 77.8. The molecule has 1 aromatic rings. The van der Waals surface area contributed by atoms with E-state index in [0.29, 0.717) is 30.1 Å². The second-order valence-corrected chi connectivity index (χ2v) is 16.3. The van der Waals surface area contributed by atoms with E-state index in [2.05, 4.69) is 198 Å². The predicted molar refractivity (Wildman–Crippen MR) is 315 cm³/mol. The molecule has 3 rings (SSSR count). The zero-order valence-electron chi connectivity index (χ0n) is 49.1. The minimum atomic E-state index is 0.253. The fourth-order valence-corrected chi connectivity index (χ4v) is 6.66. The second kappa shape index (κ2) is 63.9. The minimum Gasteiger partial charge on any atom is -0.405 e. The smallest absolute Gasteiger partial charge is 0.0322 e. The molecule has 0 saturated carbocycles. The molecular weight excluding hydrogens is 805 g/mol. The molecule has 0 bridgehead atoms. The first-order valence-electron chi connectivity index (χ1n) is 25.9. The molecule has 5 unspecified atom stereocenters. The van der Waals surface area contributed by atoms with E-state index in [-0.39, 0.29) is 5.54 Å². The van der Waals surface area contributed by atoms with Crippen LogP contribution in [0.1, 0.15) is 182 Å². The van der Waals surface area contributed by atoms with Crippen molar-refractivity contribution >= 4 is 0 Å². The van der Waals surface area contributed by atoms with Gasteiger partial charge in [-0.05, 0) is 129 Å². The Labute approximate surface area is 419 Å². The van der Waals surface area contributed by atoms with Crippen molar-refractivity contribution in [3.8, 4) is 0 Å². The summed E-state index contributed by atoms with van der Waals surface area (Å²) in [5.41, 5.74) is 9.15. The number of likely N-dealkylation sites (tertiary alicyclic amines) is 1. The van der Waals surface area contributed by atoms with Gasteiger partial charge in [-0.15, -0.1) is 32.9 Å². The number of fused-ring (bicyclic) bond motifs is 1. The lowest BCUT2D eigenvalue weighted by Gasteiger charge is -2.41. The van der Waals surface area contributed by atoms with Crippen molar-refractivity contribution in [2.75, 3.05) is 33.7 Å². The van der Waals surface area contributed by atoms with E-state index in [1.165, 1.54) is 69.0 Å². The maximum atomic E-state index is 4.61. The Hall–Kier alpha value is -3.16. The zero-order chi connectivity index (χ0) is 54.3. The van der Waals surface area contributed by atoms with E-state index in [9.17, 15) is 0 Å². The Morgan fingerprint density at radius 1 is 0.803 bits per heavy atom. The van der Waals surface area contributed by atoms with Gasteiger partial charge in [-0.25, -0.2) is 0 Å². The second-order valence-electron chi connectivity index (χ2n) is 16.3. The highest BCUT2D eigenvalue weighted by Crippen LogP contribution is 2.38. The number of hydrogen-bond acceptors (Lipinski definition) is 6. The van der Waals surface area contributed by atoms with Crippen LogP contribution in [0.15, 0.2) is 114 Å². The van der Waals surface area contributed by atoms with E-state index in [4.69, 9.17) is 0 Å². The van der Waals surface area contributed by atoms with Gasteiger partial charge in [0.05, 0.1) is 0 Å². The number of rotatable bonds is 14. The normalized spacial score (nSPS) is 15.2. The lowest BCUT2D eigenvalue weighted by atomic mass is 9.84. The molecule has 2 aliphatic rings. The fourth-order valence-electron chi connectivity index (χ4n) is 6.66.